The summed E-state index contributed by atoms with van der Waals surface area (Å²) in [5.41, 5.74) is 5.18. The maximum Gasteiger partial charge on any atom is 0.0280 e. The highest BCUT2D eigenvalue weighted by molar-refractivity contribution is 5.77. The average Bonchev–Trinajstić information content (AvgIpc) is 2.65. The second kappa shape index (κ2) is 2.71. The average molecular weight is 183 g/mol. The van der Waals surface area contributed by atoms with Crippen molar-refractivity contribution in [3.8, 4) is 11.1 Å². The molecule has 2 aromatic carbocycles. The normalized spacial score (nSPS) is 16.4. The van der Waals surface area contributed by atoms with Crippen LogP contribution in [0.2, 0.25) is 0 Å². The smallest absolute Gasteiger partial charge is 0.0280 e. The molecule has 0 heterocycles. The van der Waals surface area contributed by atoms with Crippen LogP contribution in [0.1, 0.15) is 20.8 Å². The van der Waals surface area contributed by atoms with Gasteiger partial charge in [0.15, 0.2) is 0 Å². The lowest BCUT2D eigenvalue weighted by Crippen LogP contribution is -1.80. The van der Waals surface area contributed by atoms with E-state index in [-0.39, 0.29) is 0 Å². The Morgan fingerprint density at radius 1 is 1.00 bits per heavy atom. The zero-order valence-corrected chi connectivity index (χ0v) is 7.75. The van der Waals surface area contributed by atoms with Crippen LogP contribution in [-0.2, 0) is 6.42 Å². The summed E-state index contributed by atoms with van der Waals surface area (Å²) >= 11 is 0. The van der Waals surface area contributed by atoms with Gasteiger partial charge in [-0.2, -0.15) is 0 Å². The van der Waals surface area contributed by atoms with Crippen LogP contribution in [0.5, 0.6) is 0 Å². The fourth-order valence-electron chi connectivity index (χ4n) is 2.12. The summed E-state index contributed by atoms with van der Waals surface area (Å²) in [5, 5.41) is 0. The van der Waals surface area contributed by atoms with Gasteiger partial charge >= 0.3 is 0 Å². The molecule has 0 spiro atoms. The molecule has 0 saturated carbocycles. The van der Waals surface area contributed by atoms with Gasteiger partial charge in [-0.25, -0.2) is 0 Å². The summed E-state index contributed by atoms with van der Waals surface area (Å²) < 4.78 is 22.4. The number of benzene rings is 2. The summed E-state index contributed by atoms with van der Waals surface area (Å²) in [6, 6.07) is 13.7. The van der Waals surface area contributed by atoms with Crippen molar-refractivity contribution in [1.29, 1.82) is 0 Å². The molecule has 0 heteroatoms. The monoisotopic (exact) mass is 183 g/mol. The lowest BCUT2D eigenvalue weighted by Gasteiger charge is -2.01. The molecule has 0 fully saturated rings. The van der Waals surface area contributed by atoms with Crippen LogP contribution in [0.3, 0.4) is 0 Å². The van der Waals surface area contributed by atoms with Gasteiger partial charge in [0.2, 0.25) is 0 Å². The maximum absolute atomic E-state index is 7.45. The van der Waals surface area contributed by atoms with Gasteiger partial charge in [-0.15, -0.1) is 0 Å². The van der Waals surface area contributed by atoms with Crippen LogP contribution >= 0.6 is 0 Å². The third-order valence-corrected chi connectivity index (χ3v) is 2.80. The molecule has 3 rings (SSSR count). The molecule has 0 atom stereocenters. The van der Waals surface area contributed by atoms with Crippen LogP contribution in [0.25, 0.3) is 11.1 Å². The van der Waals surface area contributed by atoms with Crippen molar-refractivity contribution in [1.82, 2.24) is 0 Å². The Balaban J connectivity index is 2.18. The predicted octanol–water partition coefficient (Wildman–Crippen LogP) is 3.57. The summed E-state index contributed by atoms with van der Waals surface area (Å²) in [4.78, 5) is 0. The number of hydrogen-bond acceptors (Lipinski definition) is 0. The zero-order valence-electron chi connectivity index (χ0n) is 10.7. The first kappa shape index (κ1) is 5.35. The first-order chi connectivity index (χ1) is 8.05. The van der Waals surface area contributed by atoms with E-state index in [2.05, 4.69) is 12.1 Å². The fraction of sp³-hybridized carbons (Fsp3) is 0.143. The lowest BCUT2D eigenvalue weighted by molar-refractivity contribution is 1.26. The highest BCUT2D eigenvalue weighted by atomic mass is 14.2. The minimum absolute atomic E-state index is 0.424. The second-order valence-corrected chi connectivity index (χ2v) is 3.71. The van der Waals surface area contributed by atoms with Crippen LogP contribution < -0.4 is 0 Å². The third kappa shape index (κ3) is 1.00. The van der Waals surface area contributed by atoms with Gasteiger partial charge in [0.05, 0.1) is 0 Å². The number of rotatable bonds is 0. The van der Waals surface area contributed by atoms with Gasteiger partial charge in [-0.1, -0.05) is 48.0 Å². The Morgan fingerprint density at radius 2 is 1.86 bits per heavy atom. The summed E-state index contributed by atoms with van der Waals surface area (Å²) in [7, 11) is 0. The zero-order chi connectivity index (χ0) is 12.0. The first-order valence-electron chi connectivity index (χ1n) is 6.27. The van der Waals surface area contributed by atoms with Gasteiger partial charge in [-0.3, -0.25) is 0 Å². The molecule has 68 valence electrons. The summed E-state index contributed by atoms with van der Waals surface area (Å²) in [6.07, 6.45) is 0.910. The SMILES string of the molecule is [2H]C([2H])([2H])c1ccc2c(c1)-c1ccccc1C2. The molecule has 0 saturated heterocycles. The van der Waals surface area contributed by atoms with Gasteiger partial charge in [0, 0.05) is 4.11 Å². The van der Waals surface area contributed by atoms with Crippen molar-refractivity contribution in [2.24, 2.45) is 0 Å². The molecular formula is C14H12. The topological polar surface area (TPSA) is 0 Å². The molecular weight excluding hydrogens is 168 g/mol. The summed E-state index contributed by atoms with van der Waals surface area (Å²) in [6.45, 7) is -2.02. The van der Waals surface area contributed by atoms with E-state index in [1.807, 2.05) is 24.3 Å². The number of fused-ring (bicyclic) bond motifs is 3. The Bertz CT molecular complexity index is 582. The summed E-state index contributed by atoms with van der Waals surface area (Å²) in [5.74, 6) is 0. The molecule has 0 N–H and O–H groups in total. The van der Waals surface area contributed by atoms with Crippen molar-refractivity contribution in [3.63, 3.8) is 0 Å². The highest BCUT2D eigenvalue weighted by Gasteiger charge is 2.16. The van der Waals surface area contributed by atoms with Gasteiger partial charge in [0.25, 0.3) is 0 Å². The lowest BCUT2D eigenvalue weighted by atomic mass is 10.0. The number of hydrogen-bond donors (Lipinski definition) is 0. The Morgan fingerprint density at radius 3 is 2.79 bits per heavy atom. The van der Waals surface area contributed by atoms with E-state index in [9.17, 15) is 0 Å². The van der Waals surface area contributed by atoms with Crippen molar-refractivity contribution < 1.29 is 4.11 Å². The minimum Gasteiger partial charge on any atom is -0.0619 e. The van der Waals surface area contributed by atoms with Crippen molar-refractivity contribution in [3.05, 3.63) is 59.2 Å². The molecule has 1 aliphatic carbocycles. The largest absolute Gasteiger partial charge is 0.0619 e. The molecule has 0 aliphatic heterocycles. The molecule has 0 unspecified atom stereocenters. The molecule has 0 amide bonds. The van der Waals surface area contributed by atoms with E-state index < -0.39 is 6.85 Å². The molecule has 0 nitrogen and oxygen atoms in total. The third-order valence-electron chi connectivity index (χ3n) is 2.80. The van der Waals surface area contributed by atoms with E-state index in [1.54, 1.807) is 6.07 Å². The highest BCUT2D eigenvalue weighted by Crippen LogP contribution is 2.36. The van der Waals surface area contributed by atoms with Crippen LogP contribution in [0.4, 0.5) is 0 Å². The molecule has 1 aliphatic rings. The van der Waals surface area contributed by atoms with Gasteiger partial charge < -0.3 is 0 Å². The van der Waals surface area contributed by atoms with Crippen LogP contribution in [0, 0.1) is 6.85 Å². The maximum atomic E-state index is 7.45. The Hall–Kier alpha value is -1.56. The van der Waals surface area contributed by atoms with Crippen molar-refractivity contribution in [2.75, 3.05) is 0 Å². The van der Waals surface area contributed by atoms with E-state index in [4.69, 9.17) is 4.11 Å². The van der Waals surface area contributed by atoms with Crippen LogP contribution in [-0.4, -0.2) is 0 Å². The first-order valence-corrected chi connectivity index (χ1v) is 4.77. The van der Waals surface area contributed by atoms with Gasteiger partial charge in [0.1, 0.15) is 0 Å². The standard InChI is InChI=1S/C14H12/c1-10-6-7-12-9-11-4-2-3-5-13(11)14(12)8-10/h2-8H,9H2,1H3/i1D3. The molecule has 0 bridgehead atoms. The molecule has 2 aromatic rings. The minimum atomic E-state index is -2.02. The Labute approximate surface area is 88.4 Å². The van der Waals surface area contributed by atoms with Crippen molar-refractivity contribution >= 4 is 0 Å². The Kier molecular flexibility index (Phi) is 1.04. The molecule has 14 heavy (non-hydrogen) atoms. The number of aryl methyl sites for hydroxylation is 1. The fourth-order valence-corrected chi connectivity index (χ4v) is 2.12. The second-order valence-electron chi connectivity index (χ2n) is 3.71. The van der Waals surface area contributed by atoms with E-state index in [0.29, 0.717) is 5.56 Å². The molecule has 0 aromatic heterocycles. The van der Waals surface area contributed by atoms with Gasteiger partial charge in [-0.05, 0) is 35.5 Å². The quantitative estimate of drug-likeness (QED) is 0.500. The van der Waals surface area contributed by atoms with E-state index in [1.165, 1.54) is 16.7 Å². The molecule has 0 radical (unpaired) electrons. The van der Waals surface area contributed by atoms with Crippen LogP contribution in [0.15, 0.2) is 42.5 Å². The van der Waals surface area contributed by atoms with E-state index in [0.717, 1.165) is 12.0 Å². The van der Waals surface area contributed by atoms with E-state index >= 15 is 0 Å². The predicted molar refractivity (Wildman–Crippen MR) is 59.4 cm³/mol. The van der Waals surface area contributed by atoms with Crippen molar-refractivity contribution in [2.45, 2.75) is 13.3 Å².